The first kappa shape index (κ1) is 10.7. The maximum atomic E-state index is 11.1. The number of imidazole rings is 1. The number of carboxylic acid groups (broad SMARTS) is 1. The third-order valence-electron chi connectivity index (χ3n) is 2.93. The number of hydrogen-bond acceptors (Lipinski definition) is 5. The molecule has 7 nitrogen and oxygen atoms in total. The molecular formula is C11H11N5O2. The minimum absolute atomic E-state index is 0.0162. The average Bonchev–Trinajstić information content (AvgIpc) is 2.85. The maximum Gasteiger partial charge on any atom is 0.358 e. The van der Waals surface area contributed by atoms with E-state index in [4.69, 9.17) is 5.11 Å². The Balaban J connectivity index is 1.95. The Morgan fingerprint density at radius 3 is 2.83 bits per heavy atom. The van der Waals surface area contributed by atoms with Gasteiger partial charge in [-0.2, -0.15) is 0 Å². The van der Waals surface area contributed by atoms with Gasteiger partial charge >= 0.3 is 5.97 Å². The summed E-state index contributed by atoms with van der Waals surface area (Å²) in [5.41, 5.74) is -0.0162. The highest BCUT2D eigenvalue weighted by Crippen LogP contribution is 2.20. The van der Waals surface area contributed by atoms with E-state index in [2.05, 4.69) is 15.0 Å². The predicted molar refractivity (Wildman–Crippen MR) is 62.3 cm³/mol. The van der Waals surface area contributed by atoms with E-state index in [1.54, 1.807) is 6.20 Å². The molecule has 0 atom stereocenters. The number of aromatic nitrogens is 4. The summed E-state index contributed by atoms with van der Waals surface area (Å²) in [5, 5.41) is 9.10. The molecule has 0 radical (unpaired) electrons. The van der Waals surface area contributed by atoms with Crippen molar-refractivity contribution in [3.63, 3.8) is 0 Å². The number of hydrogen-bond donors (Lipinski definition) is 1. The highest BCUT2D eigenvalue weighted by Gasteiger charge is 2.23. The Morgan fingerprint density at radius 1 is 1.17 bits per heavy atom. The molecule has 0 aliphatic carbocycles. The standard InChI is InChI=1S/C11H11N5O2/c17-11(18)9-10(14-2-1-13-9)16-6-5-15-4-3-12-8(15)7-16/h1-4H,5-7H2,(H,17,18). The number of fused-ring (bicyclic) bond motifs is 1. The molecule has 0 spiro atoms. The SMILES string of the molecule is O=C(O)c1nccnc1N1CCn2ccnc2C1. The van der Waals surface area contributed by atoms with Crippen LogP contribution in [0.5, 0.6) is 0 Å². The average molecular weight is 245 g/mol. The van der Waals surface area contributed by atoms with E-state index in [1.165, 1.54) is 12.4 Å². The van der Waals surface area contributed by atoms with Crippen molar-refractivity contribution in [2.45, 2.75) is 13.1 Å². The number of carbonyl (C=O) groups is 1. The van der Waals surface area contributed by atoms with Crippen LogP contribution in [-0.4, -0.2) is 37.1 Å². The van der Waals surface area contributed by atoms with Gasteiger partial charge in [0.2, 0.25) is 0 Å². The first-order valence-electron chi connectivity index (χ1n) is 5.55. The second-order valence-electron chi connectivity index (χ2n) is 3.99. The van der Waals surface area contributed by atoms with Crippen molar-refractivity contribution in [2.75, 3.05) is 11.4 Å². The van der Waals surface area contributed by atoms with Crippen LogP contribution in [0.4, 0.5) is 5.82 Å². The van der Waals surface area contributed by atoms with E-state index in [1.807, 2.05) is 15.7 Å². The molecule has 0 fully saturated rings. The zero-order chi connectivity index (χ0) is 12.5. The third kappa shape index (κ3) is 1.69. The van der Waals surface area contributed by atoms with Crippen molar-refractivity contribution in [1.82, 2.24) is 19.5 Å². The largest absolute Gasteiger partial charge is 0.476 e. The molecule has 7 heteroatoms. The molecule has 3 heterocycles. The molecule has 1 N–H and O–H groups in total. The molecule has 2 aromatic rings. The van der Waals surface area contributed by atoms with E-state index in [-0.39, 0.29) is 5.69 Å². The lowest BCUT2D eigenvalue weighted by atomic mass is 10.3. The van der Waals surface area contributed by atoms with E-state index in [0.717, 1.165) is 12.4 Å². The van der Waals surface area contributed by atoms with E-state index in [0.29, 0.717) is 18.9 Å². The van der Waals surface area contributed by atoms with Crippen molar-refractivity contribution < 1.29 is 9.90 Å². The van der Waals surface area contributed by atoms with Crippen LogP contribution in [0.2, 0.25) is 0 Å². The lowest BCUT2D eigenvalue weighted by Crippen LogP contribution is -2.35. The Hall–Kier alpha value is -2.44. The molecule has 2 aromatic heterocycles. The smallest absolute Gasteiger partial charge is 0.358 e. The lowest BCUT2D eigenvalue weighted by Gasteiger charge is -2.28. The Bertz CT molecular complexity index is 595. The summed E-state index contributed by atoms with van der Waals surface area (Å²) in [5.74, 6) is 0.245. The molecule has 0 aromatic carbocycles. The number of aromatic carboxylic acids is 1. The van der Waals surface area contributed by atoms with Crippen LogP contribution < -0.4 is 4.90 Å². The molecule has 1 aliphatic rings. The molecule has 0 saturated carbocycles. The van der Waals surface area contributed by atoms with Crippen LogP contribution in [0.3, 0.4) is 0 Å². The third-order valence-corrected chi connectivity index (χ3v) is 2.93. The van der Waals surface area contributed by atoms with Crippen molar-refractivity contribution in [3.05, 3.63) is 36.3 Å². The van der Waals surface area contributed by atoms with Crippen LogP contribution in [0.15, 0.2) is 24.8 Å². The topological polar surface area (TPSA) is 84.1 Å². The van der Waals surface area contributed by atoms with Crippen LogP contribution in [0.1, 0.15) is 16.3 Å². The lowest BCUT2D eigenvalue weighted by molar-refractivity contribution is 0.0690. The van der Waals surface area contributed by atoms with E-state index >= 15 is 0 Å². The molecule has 0 unspecified atom stereocenters. The minimum atomic E-state index is -1.06. The van der Waals surface area contributed by atoms with Gasteiger partial charge in [0, 0.05) is 37.9 Å². The zero-order valence-corrected chi connectivity index (χ0v) is 9.52. The summed E-state index contributed by atoms with van der Waals surface area (Å²) < 4.78 is 2.05. The summed E-state index contributed by atoms with van der Waals surface area (Å²) >= 11 is 0. The van der Waals surface area contributed by atoms with Crippen LogP contribution in [0.25, 0.3) is 0 Å². The highest BCUT2D eigenvalue weighted by molar-refractivity contribution is 5.90. The first-order chi connectivity index (χ1) is 8.75. The van der Waals surface area contributed by atoms with Crippen LogP contribution in [0, 0.1) is 0 Å². The van der Waals surface area contributed by atoms with Gasteiger partial charge in [0.15, 0.2) is 11.5 Å². The van der Waals surface area contributed by atoms with Crippen molar-refractivity contribution in [1.29, 1.82) is 0 Å². The molecule has 18 heavy (non-hydrogen) atoms. The fourth-order valence-electron chi connectivity index (χ4n) is 2.07. The molecule has 3 rings (SSSR count). The van der Waals surface area contributed by atoms with Crippen LogP contribution >= 0.6 is 0 Å². The van der Waals surface area contributed by atoms with Crippen molar-refractivity contribution in [3.8, 4) is 0 Å². The van der Waals surface area contributed by atoms with Crippen molar-refractivity contribution in [2.24, 2.45) is 0 Å². The van der Waals surface area contributed by atoms with Gasteiger partial charge in [-0.1, -0.05) is 0 Å². The van der Waals surface area contributed by atoms with Gasteiger partial charge in [0.1, 0.15) is 5.82 Å². The second kappa shape index (κ2) is 4.10. The summed E-state index contributed by atoms with van der Waals surface area (Å²) in [6.45, 7) is 2.01. The van der Waals surface area contributed by atoms with E-state index in [9.17, 15) is 4.79 Å². The number of carboxylic acids is 1. The number of rotatable bonds is 2. The van der Waals surface area contributed by atoms with Crippen LogP contribution in [-0.2, 0) is 13.1 Å². The normalized spacial score (nSPS) is 14.3. The van der Waals surface area contributed by atoms with Gasteiger partial charge in [-0.3, -0.25) is 0 Å². The molecule has 0 bridgehead atoms. The summed E-state index contributed by atoms with van der Waals surface area (Å²) in [4.78, 5) is 25.2. The molecule has 1 aliphatic heterocycles. The quantitative estimate of drug-likeness (QED) is 0.824. The fourth-order valence-corrected chi connectivity index (χ4v) is 2.07. The Kier molecular flexibility index (Phi) is 2.44. The highest BCUT2D eigenvalue weighted by atomic mass is 16.4. The molecule has 92 valence electrons. The first-order valence-corrected chi connectivity index (χ1v) is 5.55. The Morgan fingerprint density at radius 2 is 2.00 bits per heavy atom. The zero-order valence-electron chi connectivity index (χ0n) is 9.52. The van der Waals surface area contributed by atoms with Gasteiger partial charge in [-0.05, 0) is 0 Å². The number of anilines is 1. The summed E-state index contributed by atoms with van der Waals surface area (Å²) in [6.07, 6.45) is 6.55. The van der Waals surface area contributed by atoms with E-state index < -0.39 is 5.97 Å². The molecule has 0 saturated heterocycles. The predicted octanol–water partition coefficient (Wildman–Crippen LogP) is 0.391. The Labute approximate surface area is 103 Å². The minimum Gasteiger partial charge on any atom is -0.476 e. The molecule has 0 amide bonds. The van der Waals surface area contributed by atoms with Gasteiger partial charge in [0.25, 0.3) is 0 Å². The maximum absolute atomic E-state index is 11.1. The van der Waals surface area contributed by atoms with Gasteiger partial charge in [-0.25, -0.2) is 19.7 Å². The van der Waals surface area contributed by atoms with Gasteiger partial charge in [-0.15, -0.1) is 0 Å². The monoisotopic (exact) mass is 245 g/mol. The van der Waals surface area contributed by atoms with Crippen molar-refractivity contribution >= 4 is 11.8 Å². The van der Waals surface area contributed by atoms with Gasteiger partial charge < -0.3 is 14.6 Å². The summed E-state index contributed by atoms with van der Waals surface area (Å²) in [6, 6.07) is 0. The van der Waals surface area contributed by atoms with Gasteiger partial charge in [0.05, 0.1) is 6.54 Å². The second-order valence-corrected chi connectivity index (χ2v) is 3.99. The fraction of sp³-hybridized carbons (Fsp3) is 0.273. The molecular weight excluding hydrogens is 234 g/mol. The number of nitrogens with zero attached hydrogens (tertiary/aromatic N) is 5. The summed E-state index contributed by atoms with van der Waals surface area (Å²) in [7, 11) is 0.